The van der Waals surface area contributed by atoms with Gasteiger partial charge in [-0.3, -0.25) is 4.79 Å². The first-order valence-electron chi connectivity index (χ1n) is 7.44. The van der Waals surface area contributed by atoms with Gasteiger partial charge in [0.25, 0.3) is 5.91 Å². The van der Waals surface area contributed by atoms with Crippen molar-refractivity contribution < 1.29 is 23.1 Å². The predicted octanol–water partition coefficient (Wildman–Crippen LogP) is 0.815. The summed E-state index contributed by atoms with van der Waals surface area (Å²) in [7, 11) is -3.26. The van der Waals surface area contributed by atoms with E-state index < -0.39 is 22.0 Å². The van der Waals surface area contributed by atoms with Gasteiger partial charge in [0.1, 0.15) is 6.04 Å². The molecular formula is C15H20N2O5S. The number of carbonyl (C=O) groups excluding carboxylic acids is 1. The first-order valence-corrected chi connectivity index (χ1v) is 9.09. The number of nitrogens with zero attached hydrogens (tertiary/aromatic N) is 1. The van der Waals surface area contributed by atoms with Crippen LogP contribution < -0.4 is 4.72 Å². The van der Waals surface area contributed by atoms with E-state index in [1.807, 2.05) is 0 Å². The Labute approximate surface area is 135 Å². The largest absolute Gasteiger partial charge is 0.480 e. The number of nitrogens with one attached hydrogen (secondary N) is 1. The molecule has 0 unspecified atom stereocenters. The fourth-order valence-electron chi connectivity index (χ4n) is 2.49. The van der Waals surface area contributed by atoms with Crippen molar-refractivity contribution in [2.24, 2.45) is 0 Å². The van der Waals surface area contributed by atoms with Crippen LogP contribution in [0.5, 0.6) is 0 Å². The molecular weight excluding hydrogens is 320 g/mol. The molecule has 0 aliphatic carbocycles. The second-order valence-corrected chi connectivity index (χ2v) is 7.51. The summed E-state index contributed by atoms with van der Waals surface area (Å²) in [6, 6.07) is 5.75. The Morgan fingerprint density at radius 1 is 1.30 bits per heavy atom. The third-order valence-electron chi connectivity index (χ3n) is 3.88. The van der Waals surface area contributed by atoms with Gasteiger partial charge in [-0.25, -0.2) is 17.9 Å². The lowest BCUT2D eigenvalue weighted by atomic mass is 10.1. The molecule has 8 heteroatoms. The minimum Gasteiger partial charge on any atom is -0.480 e. The molecule has 1 aromatic rings. The molecule has 1 heterocycles. The van der Waals surface area contributed by atoms with Crippen LogP contribution in [0.3, 0.4) is 0 Å². The standard InChI is InChI=1S/C15H20N2O5S/c1-2-23(21,22)16-10-11-5-7-12(8-6-11)14(18)17-9-3-4-13(17)15(19)20/h5-8,13,16H,2-4,9-10H2,1H3,(H,19,20)/t13-/m0/s1. The second kappa shape index (κ2) is 7.10. The highest BCUT2D eigenvalue weighted by molar-refractivity contribution is 7.89. The first-order chi connectivity index (χ1) is 10.8. The molecule has 23 heavy (non-hydrogen) atoms. The molecule has 0 spiro atoms. The second-order valence-electron chi connectivity index (χ2n) is 5.42. The minimum atomic E-state index is -3.26. The van der Waals surface area contributed by atoms with Gasteiger partial charge in [0, 0.05) is 18.7 Å². The topological polar surface area (TPSA) is 104 Å². The zero-order valence-corrected chi connectivity index (χ0v) is 13.7. The molecule has 1 aliphatic heterocycles. The van der Waals surface area contributed by atoms with Crippen molar-refractivity contribution >= 4 is 21.9 Å². The molecule has 1 amide bonds. The SMILES string of the molecule is CCS(=O)(=O)NCc1ccc(C(=O)N2CCC[C@H]2C(=O)O)cc1. The van der Waals surface area contributed by atoms with Gasteiger partial charge in [-0.15, -0.1) is 0 Å². The first kappa shape index (κ1) is 17.4. The normalized spacial score (nSPS) is 18.1. The molecule has 0 radical (unpaired) electrons. The van der Waals surface area contributed by atoms with Crippen LogP contribution in [-0.4, -0.2) is 48.6 Å². The summed E-state index contributed by atoms with van der Waals surface area (Å²) in [4.78, 5) is 24.9. The van der Waals surface area contributed by atoms with Crippen molar-refractivity contribution in [3.63, 3.8) is 0 Å². The Morgan fingerprint density at radius 3 is 2.52 bits per heavy atom. The van der Waals surface area contributed by atoms with Crippen molar-refractivity contribution in [1.29, 1.82) is 0 Å². The average molecular weight is 340 g/mol. The average Bonchev–Trinajstić information content (AvgIpc) is 3.03. The van der Waals surface area contributed by atoms with Crippen molar-refractivity contribution in [2.45, 2.75) is 32.4 Å². The van der Waals surface area contributed by atoms with Gasteiger partial charge in [-0.05, 0) is 37.5 Å². The van der Waals surface area contributed by atoms with Gasteiger partial charge in [0.15, 0.2) is 0 Å². The van der Waals surface area contributed by atoms with Crippen LogP contribution in [0, 0.1) is 0 Å². The molecule has 1 aromatic carbocycles. The van der Waals surface area contributed by atoms with E-state index in [9.17, 15) is 18.0 Å². The van der Waals surface area contributed by atoms with Crippen LogP contribution in [-0.2, 0) is 21.4 Å². The van der Waals surface area contributed by atoms with Gasteiger partial charge < -0.3 is 10.0 Å². The summed E-state index contributed by atoms with van der Waals surface area (Å²) in [6.07, 6.45) is 1.15. The Balaban J connectivity index is 2.04. The summed E-state index contributed by atoms with van der Waals surface area (Å²) in [6.45, 7) is 2.15. The van der Waals surface area contributed by atoms with Gasteiger partial charge in [-0.1, -0.05) is 12.1 Å². The molecule has 1 atom stereocenters. The summed E-state index contributed by atoms with van der Waals surface area (Å²) < 4.78 is 25.2. The smallest absolute Gasteiger partial charge is 0.326 e. The summed E-state index contributed by atoms with van der Waals surface area (Å²) in [5.41, 5.74) is 1.13. The molecule has 1 saturated heterocycles. The van der Waals surface area contributed by atoms with Crippen molar-refractivity contribution in [3.05, 3.63) is 35.4 Å². The van der Waals surface area contributed by atoms with E-state index in [1.54, 1.807) is 31.2 Å². The van der Waals surface area contributed by atoms with Gasteiger partial charge in [-0.2, -0.15) is 0 Å². The van der Waals surface area contributed by atoms with E-state index in [-0.39, 0.29) is 18.2 Å². The number of carboxylic acid groups (broad SMARTS) is 1. The maximum absolute atomic E-state index is 12.4. The van der Waals surface area contributed by atoms with E-state index >= 15 is 0 Å². The quantitative estimate of drug-likeness (QED) is 0.798. The number of carboxylic acids is 1. The third kappa shape index (κ3) is 4.29. The molecule has 2 N–H and O–H groups in total. The fraction of sp³-hybridized carbons (Fsp3) is 0.467. The number of amides is 1. The number of hydrogen-bond donors (Lipinski definition) is 2. The maximum Gasteiger partial charge on any atom is 0.326 e. The van der Waals surface area contributed by atoms with Crippen LogP contribution in [0.1, 0.15) is 35.7 Å². The van der Waals surface area contributed by atoms with Gasteiger partial charge in [0.2, 0.25) is 10.0 Å². The number of sulfonamides is 1. The molecule has 0 aromatic heterocycles. The lowest BCUT2D eigenvalue weighted by molar-refractivity contribution is -0.141. The molecule has 0 bridgehead atoms. The molecule has 2 rings (SSSR count). The predicted molar refractivity (Wildman–Crippen MR) is 84.4 cm³/mol. The van der Waals surface area contributed by atoms with Crippen molar-refractivity contribution in [2.75, 3.05) is 12.3 Å². The van der Waals surface area contributed by atoms with E-state index in [1.165, 1.54) is 4.90 Å². The number of likely N-dealkylation sites (tertiary alicyclic amines) is 1. The number of benzene rings is 1. The van der Waals surface area contributed by atoms with E-state index in [0.717, 1.165) is 5.56 Å². The highest BCUT2D eigenvalue weighted by atomic mass is 32.2. The summed E-state index contributed by atoms with van der Waals surface area (Å²) in [5.74, 6) is -1.29. The zero-order chi connectivity index (χ0) is 17.0. The molecule has 1 aliphatic rings. The van der Waals surface area contributed by atoms with Crippen LogP contribution in [0.15, 0.2) is 24.3 Å². The van der Waals surface area contributed by atoms with E-state index in [2.05, 4.69) is 4.72 Å². The Kier molecular flexibility index (Phi) is 5.38. The monoisotopic (exact) mass is 340 g/mol. The highest BCUT2D eigenvalue weighted by Crippen LogP contribution is 2.20. The lowest BCUT2D eigenvalue weighted by Gasteiger charge is -2.21. The Hall–Kier alpha value is -1.93. The Bertz CT molecular complexity index is 684. The highest BCUT2D eigenvalue weighted by Gasteiger charge is 2.34. The molecule has 7 nitrogen and oxygen atoms in total. The summed E-state index contributed by atoms with van der Waals surface area (Å²) >= 11 is 0. The third-order valence-corrected chi connectivity index (χ3v) is 5.22. The van der Waals surface area contributed by atoms with E-state index in [4.69, 9.17) is 5.11 Å². The number of carbonyl (C=O) groups is 2. The summed E-state index contributed by atoms with van der Waals surface area (Å²) in [5, 5.41) is 9.13. The number of aliphatic carboxylic acids is 1. The van der Waals surface area contributed by atoms with Crippen LogP contribution in [0.4, 0.5) is 0 Å². The Morgan fingerprint density at radius 2 is 1.96 bits per heavy atom. The molecule has 126 valence electrons. The van der Waals surface area contributed by atoms with Crippen molar-refractivity contribution in [3.8, 4) is 0 Å². The molecule has 0 saturated carbocycles. The van der Waals surface area contributed by atoms with E-state index in [0.29, 0.717) is 24.9 Å². The van der Waals surface area contributed by atoms with Crippen molar-refractivity contribution in [1.82, 2.24) is 9.62 Å². The lowest BCUT2D eigenvalue weighted by Crippen LogP contribution is -2.40. The van der Waals surface area contributed by atoms with Gasteiger partial charge >= 0.3 is 5.97 Å². The molecule has 1 fully saturated rings. The zero-order valence-electron chi connectivity index (χ0n) is 12.9. The van der Waals surface area contributed by atoms with Gasteiger partial charge in [0.05, 0.1) is 5.75 Å². The maximum atomic E-state index is 12.4. The number of rotatable bonds is 6. The van der Waals surface area contributed by atoms with Crippen LogP contribution in [0.25, 0.3) is 0 Å². The number of hydrogen-bond acceptors (Lipinski definition) is 4. The fourth-order valence-corrected chi connectivity index (χ4v) is 3.08. The minimum absolute atomic E-state index is 0.00903. The van der Waals surface area contributed by atoms with Crippen LogP contribution in [0.2, 0.25) is 0 Å². The van der Waals surface area contributed by atoms with Crippen LogP contribution >= 0.6 is 0 Å².